The van der Waals surface area contributed by atoms with Gasteiger partial charge in [0.15, 0.2) is 18.6 Å². The maximum absolute atomic E-state index is 14.9. The van der Waals surface area contributed by atoms with E-state index in [1.54, 1.807) is 58.2 Å². The van der Waals surface area contributed by atoms with Crippen LogP contribution in [0, 0.1) is 23.7 Å². The molecule has 0 spiro atoms. The predicted molar refractivity (Wildman–Crippen MR) is 271 cm³/mol. The molecule has 0 bridgehead atoms. The number of aromatic nitrogens is 1. The number of benzene rings is 1. The summed E-state index contributed by atoms with van der Waals surface area (Å²) in [5.41, 5.74) is 0.991. The topological polar surface area (TPSA) is 211 Å². The van der Waals surface area contributed by atoms with E-state index in [0.717, 1.165) is 48.5 Å². The van der Waals surface area contributed by atoms with Gasteiger partial charge in [-0.2, -0.15) is 0 Å². The third-order valence-corrected chi connectivity index (χ3v) is 15.8. The van der Waals surface area contributed by atoms with Gasteiger partial charge in [0.1, 0.15) is 35.6 Å². The van der Waals surface area contributed by atoms with Crippen molar-refractivity contribution in [3.05, 3.63) is 45.9 Å². The maximum Gasteiger partial charge on any atom is 0.325 e. The van der Waals surface area contributed by atoms with Crippen molar-refractivity contribution in [1.29, 1.82) is 0 Å². The minimum Gasteiger partial charge on any atom is -0.508 e. The van der Waals surface area contributed by atoms with Crippen LogP contribution in [0.5, 0.6) is 5.75 Å². The molecule has 1 aliphatic heterocycles. The molecule has 0 aliphatic carbocycles. The molecule has 1 saturated heterocycles. The van der Waals surface area contributed by atoms with Crippen LogP contribution in [-0.2, 0) is 49.4 Å². The average molecular weight is 1020 g/mol. The van der Waals surface area contributed by atoms with Crippen LogP contribution in [0.1, 0.15) is 147 Å². The van der Waals surface area contributed by atoms with Crippen LogP contribution in [0.2, 0.25) is 0 Å². The molecule has 1 fully saturated rings. The summed E-state index contributed by atoms with van der Waals surface area (Å²) in [4.78, 5) is 102. The smallest absolute Gasteiger partial charge is 0.325 e. The Morgan fingerprint density at radius 2 is 1.65 bits per heavy atom. The lowest BCUT2D eigenvalue weighted by atomic mass is 9.85. The van der Waals surface area contributed by atoms with Crippen molar-refractivity contribution in [2.24, 2.45) is 23.7 Å². The van der Waals surface area contributed by atoms with Gasteiger partial charge in [0, 0.05) is 55.0 Å². The van der Waals surface area contributed by atoms with E-state index in [1.807, 2.05) is 46.6 Å². The number of thiazole rings is 1. The van der Waals surface area contributed by atoms with Gasteiger partial charge in [-0.25, -0.2) is 4.98 Å². The number of aromatic hydroxyl groups is 1. The van der Waals surface area contributed by atoms with Crippen LogP contribution >= 0.6 is 32.9 Å². The van der Waals surface area contributed by atoms with Gasteiger partial charge >= 0.3 is 17.9 Å². The Labute approximate surface area is 421 Å². The summed E-state index contributed by atoms with van der Waals surface area (Å²) in [6.45, 7) is 15.0. The predicted octanol–water partition coefficient (Wildman–Crippen LogP) is 7.92. The van der Waals surface area contributed by atoms with E-state index in [0.29, 0.717) is 42.9 Å². The molecule has 16 nitrogen and oxygen atoms in total. The number of Topliss-reactive ketones (excluding diaryl/α,β-unsaturated/α-hetero) is 1. The first kappa shape index (κ1) is 59.1. The Hall–Kier alpha value is -4.20. The highest BCUT2D eigenvalue weighted by Crippen LogP contribution is 2.33. The van der Waals surface area contributed by atoms with Gasteiger partial charge in [0.2, 0.25) is 17.7 Å². The molecule has 2 aromatic rings. The van der Waals surface area contributed by atoms with Gasteiger partial charge in [-0.1, -0.05) is 95.0 Å². The first-order valence-corrected chi connectivity index (χ1v) is 27.8. The van der Waals surface area contributed by atoms with Crippen molar-refractivity contribution in [3.63, 3.8) is 0 Å². The quantitative estimate of drug-likeness (QED) is 0.0164. The normalized spacial score (nSPS) is 16.6. The van der Waals surface area contributed by atoms with E-state index < -0.39 is 47.9 Å². The summed E-state index contributed by atoms with van der Waals surface area (Å²) in [7, 11) is 5.25. The summed E-state index contributed by atoms with van der Waals surface area (Å²) in [6, 6.07) is 4.64. The number of carbonyl (C=O) groups excluding carboxylic acids is 7. The number of nitrogens with zero attached hydrogens (tertiary/aromatic N) is 3. The molecule has 3 amide bonds. The van der Waals surface area contributed by atoms with Crippen LogP contribution in [-0.4, -0.2) is 124 Å². The fraction of sp³-hybridized carbons (Fsp3) is 0.680. The number of hydrogen-bond acceptors (Lipinski definition) is 16. The molecule has 1 aromatic carbocycles. The first-order valence-electron chi connectivity index (χ1n) is 24.5. The van der Waals surface area contributed by atoms with Crippen molar-refractivity contribution >= 4 is 74.3 Å². The van der Waals surface area contributed by atoms with Crippen molar-refractivity contribution in [3.8, 4) is 5.75 Å². The van der Waals surface area contributed by atoms with E-state index in [4.69, 9.17) is 19.2 Å². The van der Waals surface area contributed by atoms with Crippen LogP contribution in [0.25, 0.3) is 0 Å². The number of likely N-dealkylation sites (N-methyl/N-ethyl adjacent to an activating group) is 1. The molecule has 3 rings (SSSR count). The Balaban J connectivity index is 1.87. The molecule has 0 saturated carbocycles. The monoisotopic (exact) mass is 1020 g/mol. The molecule has 3 N–H and O–H groups in total. The number of ketones is 1. The zero-order valence-electron chi connectivity index (χ0n) is 42.1. The fourth-order valence-corrected chi connectivity index (χ4v) is 11.0. The second-order valence-corrected chi connectivity index (χ2v) is 22.0. The van der Waals surface area contributed by atoms with E-state index >= 15 is 0 Å². The molecule has 7 atom stereocenters. The molecule has 2 heterocycles. The number of ether oxygens (including phenoxy) is 3. The lowest BCUT2D eigenvalue weighted by Gasteiger charge is -2.39. The number of amides is 3. The average Bonchev–Trinajstić information content (AvgIpc) is 3.81. The highest BCUT2D eigenvalue weighted by atomic mass is 33.1. The number of rotatable bonds is 31. The Morgan fingerprint density at radius 1 is 0.942 bits per heavy atom. The van der Waals surface area contributed by atoms with E-state index in [1.165, 1.54) is 11.8 Å². The number of phenols is 1. The second kappa shape index (κ2) is 31.2. The van der Waals surface area contributed by atoms with Crippen LogP contribution in [0.15, 0.2) is 29.6 Å². The van der Waals surface area contributed by atoms with Gasteiger partial charge in [-0.3, -0.25) is 38.5 Å². The summed E-state index contributed by atoms with van der Waals surface area (Å²) in [6.07, 6.45) is 4.65. The Kier molecular flexibility index (Phi) is 26.7. The highest BCUT2D eigenvalue weighted by molar-refractivity contribution is 8.76. The number of hydrogen-bond donors (Lipinski definition) is 3. The number of carbonyl (C=O) groups is 7. The molecule has 19 heteroatoms. The molecule has 0 radical (unpaired) electrons. The molecule has 1 aliphatic rings. The summed E-state index contributed by atoms with van der Waals surface area (Å²) in [5.74, 6) is -2.64. The van der Waals surface area contributed by atoms with E-state index in [9.17, 15) is 38.7 Å². The lowest BCUT2D eigenvalue weighted by molar-refractivity contribution is -0.160. The number of piperidine rings is 1. The van der Waals surface area contributed by atoms with Crippen LogP contribution in [0.4, 0.5) is 0 Å². The number of esters is 3. The van der Waals surface area contributed by atoms with Crippen molar-refractivity contribution in [2.75, 3.05) is 45.0 Å². The highest BCUT2D eigenvalue weighted by Gasteiger charge is 2.39. The van der Waals surface area contributed by atoms with E-state index in [2.05, 4.69) is 17.6 Å². The maximum atomic E-state index is 14.9. The standard InChI is InChI=1S/C50H77N5O11S3/c1-10-15-44(59)65-31-55(50(63)46(33(6)12-3)53-48(62)40-16-13-14-21-54(40)9)41(32(4)5)28-43(66-35(8)56)49-52-39(30-67-49)42(58)27-37(26-36-17-19-38(57)20-18-36)25-34(7)47(61)51-29-45(60)64-22-24-69-68-23-11-2/h17-20,30,32-34,37,40-41,43,46,57H,10-16,21-29,31H2,1-9H3,(H,51,61)(H,53,62)/t33-,34+,37-,40-,41-,43-,46+/m1/s1. The SMILES string of the molecule is CCCSSCCOC(=O)CNC(=O)[C@@H](C)C[C@@H](CC(=O)c1csc([C@@H](C[C@H](C(C)C)N(COC(=O)CCC)C(=O)[C@@H](NC(=O)[C@H]2CCCCN2C)[C@H](C)CC)OC(C)=O)n1)Cc1ccc(O)cc1. The molecule has 1 aromatic heterocycles. The third-order valence-electron chi connectivity index (χ3n) is 12.2. The lowest BCUT2D eigenvalue weighted by Crippen LogP contribution is -2.59. The van der Waals surface area contributed by atoms with Crippen molar-refractivity contribution < 1.29 is 52.9 Å². The van der Waals surface area contributed by atoms with Crippen molar-refractivity contribution in [1.82, 2.24) is 25.4 Å². The number of phenolic OH excluding ortho intramolecular Hbond substituents is 1. The van der Waals surface area contributed by atoms with Crippen LogP contribution < -0.4 is 10.6 Å². The van der Waals surface area contributed by atoms with E-state index in [-0.39, 0.29) is 92.0 Å². The zero-order chi connectivity index (χ0) is 51.0. The molecule has 386 valence electrons. The first-order chi connectivity index (χ1) is 32.9. The van der Waals surface area contributed by atoms with Gasteiger partial charge in [-0.15, -0.1) is 11.3 Å². The largest absolute Gasteiger partial charge is 0.508 e. The fourth-order valence-electron chi connectivity index (χ4n) is 8.15. The number of likely N-dealkylation sites (tertiary alicyclic amines) is 1. The minimum absolute atomic E-state index is 0.00898. The minimum atomic E-state index is -1.00. The molecule has 0 unspecified atom stereocenters. The third kappa shape index (κ3) is 20.6. The van der Waals surface area contributed by atoms with Crippen LogP contribution in [0.3, 0.4) is 0 Å². The zero-order valence-corrected chi connectivity index (χ0v) is 44.6. The van der Waals surface area contributed by atoms with Gasteiger partial charge in [0.05, 0.1) is 6.04 Å². The van der Waals surface area contributed by atoms with Gasteiger partial charge < -0.3 is 34.9 Å². The summed E-state index contributed by atoms with van der Waals surface area (Å²) < 4.78 is 16.9. The molecular formula is C50H77N5O11S3. The molecule has 69 heavy (non-hydrogen) atoms. The molecular weight excluding hydrogens is 943 g/mol. The summed E-state index contributed by atoms with van der Waals surface area (Å²) in [5, 5.41) is 17.6. The number of nitrogens with one attached hydrogen (secondary N) is 2. The Bertz CT molecular complexity index is 1950. The van der Waals surface area contributed by atoms with Crippen molar-refractivity contribution in [2.45, 2.75) is 150 Å². The van der Waals surface area contributed by atoms with Gasteiger partial charge in [0.25, 0.3) is 0 Å². The summed E-state index contributed by atoms with van der Waals surface area (Å²) >= 11 is 1.14. The second-order valence-electron chi connectivity index (χ2n) is 18.4. The Morgan fingerprint density at radius 3 is 2.29 bits per heavy atom. The van der Waals surface area contributed by atoms with Gasteiger partial charge in [-0.05, 0) is 87.6 Å².